The van der Waals surface area contributed by atoms with E-state index in [9.17, 15) is 4.79 Å². The van der Waals surface area contributed by atoms with Crippen LogP contribution in [0.3, 0.4) is 0 Å². The van der Waals surface area contributed by atoms with Gasteiger partial charge in [-0.1, -0.05) is 37.1 Å². The Morgan fingerprint density at radius 2 is 1.88 bits per heavy atom. The van der Waals surface area contributed by atoms with Gasteiger partial charge in [-0.25, -0.2) is 0 Å². The lowest BCUT2D eigenvalue weighted by molar-refractivity contribution is -0.148. The maximum Gasteiger partial charge on any atom is 0.302 e. The summed E-state index contributed by atoms with van der Waals surface area (Å²) in [4.78, 5) is 11.4. The highest BCUT2D eigenvalue weighted by Crippen LogP contribution is 2.66. The second-order valence-corrected chi connectivity index (χ2v) is 9.54. The van der Waals surface area contributed by atoms with Crippen LogP contribution in [-0.4, -0.2) is 12.1 Å². The lowest BCUT2D eigenvalue weighted by Crippen LogP contribution is -2.49. The third-order valence-corrected chi connectivity index (χ3v) is 8.59. The van der Waals surface area contributed by atoms with Crippen molar-refractivity contribution < 1.29 is 9.53 Å². The number of allylic oxidation sites excluding steroid dienone is 3. The zero-order valence-corrected chi connectivity index (χ0v) is 16.4. The van der Waals surface area contributed by atoms with Gasteiger partial charge >= 0.3 is 5.97 Å². The summed E-state index contributed by atoms with van der Waals surface area (Å²) in [5, 5.41) is 0. The first kappa shape index (κ1) is 17.4. The van der Waals surface area contributed by atoms with Crippen molar-refractivity contribution in [1.29, 1.82) is 0 Å². The fraction of sp³-hybridized carbons (Fsp3) is 0.783. The Labute approximate surface area is 153 Å². The first-order valence-electron chi connectivity index (χ1n) is 10.4. The van der Waals surface area contributed by atoms with Crippen LogP contribution >= 0.6 is 0 Å². The highest BCUT2D eigenvalue weighted by Gasteiger charge is 2.57. The summed E-state index contributed by atoms with van der Waals surface area (Å²) in [5.74, 6) is 2.44. The van der Waals surface area contributed by atoms with Crippen LogP contribution in [0.1, 0.15) is 79.1 Å². The Hall–Kier alpha value is -1.05. The predicted octanol–water partition coefficient (Wildman–Crippen LogP) is 5.83. The number of carbonyl (C=O) groups is 1. The highest BCUT2D eigenvalue weighted by atomic mass is 16.5. The van der Waals surface area contributed by atoms with Crippen molar-refractivity contribution in [3.63, 3.8) is 0 Å². The summed E-state index contributed by atoms with van der Waals surface area (Å²) in [7, 11) is 0. The second-order valence-electron chi connectivity index (χ2n) is 9.54. The molecule has 4 aliphatic rings. The molecule has 0 radical (unpaired) electrons. The van der Waals surface area contributed by atoms with Gasteiger partial charge in [0.15, 0.2) is 0 Å². The topological polar surface area (TPSA) is 26.3 Å². The van der Waals surface area contributed by atoms with Crippen LogP contribution in [0.5, 0.6) is 0 Å². The van der Waals surface area contributed by atoms with E-state index < -0.39 is 0 Å². The molecule has 25 heavy (non-hydrogen) atoms. The summed E-state index contributed by atoms with van der Waals surface area (Å²) < 4.78 is 5.55. The molecule has 2 heteroatoms. The third-order valence-electron chi connectivity index (χ3n) is 8.59. The van der Waals surface area contributed by atoms with Crippen LogP contribution in [0.4, 0.5) is 0 Å². The van der Waals surface area contributed by atoms with E-state index in [2.05, 4.69) is 32.9 Å². The van der Waals surface area contributed by atoms with Gasteiger partial charge in [0.05, 0.1) is 0 Å². The molecule has 0 aromatic carbocycles. The van der Waals surface area contributed by atoms with Crippen molar-refractivity contribution in [3.8, 4) is 0 Å². The fourth-order valence-corrected chi connectivity index (χ4v) is 7.28. The van der Waals surface area contributed by atoms with Crippen molar-refractivity contribution in [3.05, 3.63) is 23.3 Å². The molecule has 4 aliphatic carbocycles. The van der Waals surface area contributed by atoms with E-state index in [1.807, 2.05) is 0 Å². The largest absolute Gasteiger partial charge is 0.462 e. The molecule has 4 rings (SSSR count). The maximum atomic E-state index is 11.4. The summed E-state index contributed by atoms with van der Waals surface area (Å²) in [5.41, 5.74) is 4.14. The molecule has 0 amide bonds. The van der Waals surface area contributed by atoms with Crippen molar-refractivity contribution >= 4 is 5.97 Å². The normalized spacial score (nSPS) is 47.5. The minimum atomic E-state index is -0.124. The first-order valence-corrected chi connectivity index (χ1v) is 10.4. The minimum absolute atomic E-state index is 0.114. The van der Waals surface area contributed by atoms with E-state index in [4.69, 9.17) is 4.74 Å². The zero-order chi connectivity index (χ0) is 17.8. The van der Waals surface area contributed by atoms with Gasteiger partial charge < -0.3 is 4.74 Å². The van der Waals surface area contributed by atoms with Crippen LogP contribution in [0.2, 0.25) is 0 Å². The van der Waals surface area contributed by atoms with E-state index in [-0.39, 0.29) is 12.1 Å². The number of esters is 1. The Bertz CT molecular complexity index is 630. The second kappa shape index (κ2) is 5.99. The van der Waals surface area contributed by atoms with Gasteiger partial charge in [-0.3, -0.25) is 4.79 Å². The summed E-state index contributed by atoms with van der Waals surface area (Å²) in [6.07, 6.45) is 15.0. The van der Waals surface area contributed by atoms with Crippen molar-refractivity contribution in [1.82, 2.24) is 0 Å². The fourth-order valence-electron chi connectivity index (χ4n) is 7.28. The molecule has 0 bridgehead atoms. The van der Waals surface area contributed by atoms with Crippen molar-refractivity contribution in [2.45, 2.75) is 85.2 Å². The number of hydrogen-bond acceptors (Lipinski definition) is 2. The number of ether oxygens (including phenoxy) is 1. The molecule has 138 valence electrons. The van der Waals surface area contributed by atoms with E-state index in [1.165, 1.54) is 38.5 Å². The minimum Gasteiger partial charge on any atom is -0.462 e. The molecule has 0 unspecified atom stereocenters. The number of fused-ring (bicyclic) bond motifs is 5. The molecule has 6 atom stereocenters. The average Bonchev–Trinajstić information content (AvgIpc) is 2.91. The SMILES string of the molecule is CC=C1CC[C@H]2[C@@H]3CC=C4C[C@@H](OC(C)=O)CC[C@]4(C)[C@H]3CC[C@]12C. The molecule has 0 N–H and O–H groups in total. The standard InChI is InChI=1S/C23H34O2/c1-5-16-7-9-20-19-8-6-17-14-18(25-15(2)24)10-12-23(17,4)21(19)11-13-22(16,20)3/h5-6,18-21H,7-14H2,1-4H3/t18-,19-,20-,21-,22+,23-/m0/s1. The van der Waals surface area contributed by atoms with Crippen molar-refractivity contribution in [2.75, 3.05) is 0 Å². The molecule has 0 saturated heterocycles. The number of hydrogen-bond donors (Lipinski definition) is 0. The van der Waals surface area contributed by atoms with Crippen LogP contribution in [0.15, 0.2) is 23.3 Å². The molecule has 3 saturated carbocycles. The number of rotatable bonds is 1. The molecule has 3 fully saturated rings. The van der Waals surface area contributed by atoms with E-state index in [1.54, 1.807) is 18.1 Å². The molecule has 0 aliphatic heterocycles. The van der Waals surface area contributed by atoms with Crippen molar-refractivity contribution in [2.24, 2.45) is 28.6 Å². The molecular formula is C23H34O2. The summed E-state index contributed by atoms with van der Waals surface area (Å²) >= 11 is 0. The number of carbonyl (C=O) groups excluding carboxylic acids is 1. The summed E-state index contributed by atoms with van der Waals surface area (Å²) in [6.45, 7) is 8.86. The van der Waals surface area contributed by atoms with Crippen LogP contribution in [-0.2, 0) is 9.53 Å². The molecule has 2 nitrogen and oxygen atoms in total. The quantitative estimate of drug-likeness (QED) is 0.443. The van der Waals surface area contributed by atoms with Crippen LogP contribution in [0, 0.1) is 28.6 Å². The van der Waals surface area contributed by atoms with E-state index in [0.717, 1.165) is 30.6 Å². The highest BCUT2D eigenvalue weighted by molar-refractivity contribution is 5.66. The Kier molecular flexibility index (Phi) is 4.16. The van der Waals surface area contributed by atoms with Gasteiger partial charge in [-0.15, -0.1) is 0 Å². The third kappa shape index (κ3) is 2.54. The van der Waals surface area contributed by atoms with Gasteiger partial charge in [-0.05, 0) is 80.5 Å². The lowest BCUT2D eigenvalue weighted by atomic mass is 9.48. The van der Waals surface area contributed by atoms with E-state index >= 15 is 0 Å². The van der Waals surface area contributed by atoms with Gasteiger partial charge in [0.2, 0.25) is 0 Å². The molecule has 0 aromatic heterocycles. The first-order chi connectivity index (χ1) is 11.9. The Morgan fingerprint density at radius 3 is 2.60 bits per heavy atom. The lowest BCUT2D eigenvalue weighted by Gasteiger charge is -2.57. The molecule has 0 spiro atoms. The predicted molar refractivity (Wildman–Crippen MR) is 101 cm³/mol. The van der Waals surface area contributed by atoms with Gasteiger partial charge in [0, 0.05) is 13.3 Å². The van der Waals surface area contributed by atoms with Crippen LogP contribution in [0.25, 0.3) is 0 Å². The Morgan fingerprint density at radius 1 is 1.16 bits per heavy atom. The van der Waals surface area contributed by atoms with E-state index in [0.29, 0.717) is 10.8 Å². The molecule has 0 heterocycles. The average molecular weight is 343 g/mol. The maximum absolute atomic E-state index is 11.4. The van der Waals surface area contributed by atoms with Gasteiger partial charge in [0.25, 0.3) is 0 Å². The van der Waals surface area contributed by atoms with Gasteiger partial charge in [-0.2, -0.15) is 0 Å². The summed E-state index contributed by atoms with van der Waals surface area (Å²) in [6, 6.07) is 0. The molecule has 0 aromatic rings. The van der Waals surface area contributed by atoms with Gasteiger partial charge in [0.1, 0.15) is 6.10 Å². The smallest absolute Gasteiger partial charge is 0.302 e. The zero-order valence-electron chi connectivity index (χ0n) is 16.4. The Balaban J connectivity index is 1.60. The van der Waals surface area contributed by atoms with Crippen LogP contribution < -0.4 is 0 Å². The molecular weight excluding hydrogens is 308 g/mol. The monoisotopic (exact) mass is 342 g/mol.